The van der Waals surface area contributed by atoms with Crippen LogP contribution in [0.3, 0.4) is 0 Å². The summed E-state index contributed by atoms with van der Waals surface area (Å²) >= 11 is 0. The van der Waals surface area contributed by atoms with Crippen molar-refractivity contribution in [2.75, 3.05) is 19.5 Å². The van der Waals surface area contributed by atoms with Crippen LogP contribution in [0, 0.1) is 13.8 Å². The largest absolute Gasteiger partial charge is 0.481 e. The molecule has 0 radical (unpaired) electrons. The summed E-state index contributed by atoms with van der Waals surface area (Å²) in [5, 5.41) is 2.18. The van der Waals surface area contributed by atoms with Crippen molar-refractivity contribution in [3.63, 3.8) is 0 Å². The van der Waals surface area contributed by atoms with Crippen LogP contribution in [-0.2, 0) is 16.8 Å². The molecular weight excluding hydrogens is 378 g/mol. The molecule has 0 spiro atoms. The number of aryl methyl sites for hydroxylation is 2. The molecule has 0 unspecified atom stereocenters. The van der Waals surface area contributed by atoms with Gasteiger partial charge in [-0.05, 0) is 19.9 Å². The minimum Gasteiger partial charge on any atom is -0.481 e. The molecule has 2 heterocycles. The lowest BCUT2D eigenvalue weighted by molar-refractivity contribution is 0.256. The maximum atomic E-state index is 12.0. The predicted octanol–water partition coefficient (Wildman–Crippen LogP) is 0.0567. The number of ether oxygens (including phenoxy) is 2. The van der Waals surface area contributed by atoms with Gasteiger partial charge in [0, 0.05) is 11.4 Å². The summed E-state index contributed by atoms with van der Waals surface area (Å²) in [6, 6.07) is 2.08. The third-order valence-electron chi connectivity index (χ3n) is 3.00. The smallest absolute Gasteiger partial charge is 0.336 e. The summed E-state index contributed by atoms with van der Waals surface area (Å²) in [6.07, 6.45) is 0. The Morgan fingerprint density at radius 3 is 2.07 bits per heavy atom. The van der Waals surface area contributed by atoms with E-state index in [9.17, 15) is 13.2 Å². The van der Waals surface area contributed by atoms with Crippen molar-refractivity contribution in [3.8, 4) is 11.8 Å². The highest BCUT2D eigenvalue weighted by Crippen LogP contribution is 2.17. The highest BCUT2D eigenvalue weighted by atomic mass is 32.2. The van der Waals surface area contributed by atoms with Gasteiger partial charge in [0.2, 0.25) is 17.7 Å². The van der Waals surface area contributed by atoms with E-state index in [1.807, 2.05) is 0 Å². The van der Waals surface area contributed by atoms with Gasteiger partial charge in [-0.2, -0.15) is 23.1 Å². The molecule has 0 fully saturated rings. The zero-order chi connectivity index (χ0) is 20.0. The minimum atomic E-state index is -4.17. The fourth-order valence-electron chi connectivity index (χ4n) is 1.99. The van der Waals surface area contributed by atoms with Crippen molar-refractivity contribution in [2.45, 2.75) is 20.4 Å². The highest BCUT2D eigenvalue weighted by molar-refractivity contribution is 7.88. The average Bonchev–Trinajstić information content (AvgIpc) is 2.58. The Morgan fingerprint density at radius 2 is 1.56 bits per heavy atom. The molecule has 0 saturated carbocycles. The van der Waals surface area contributed by atoms with E-state index in [0.29, 0.717) is 11.4 Å². The Morgan fingerprint density at radius 1 is 1.00 bits per heavy atom. The molecule has 2 aromatic heterocycles. The van der Waals surface area contributed by atoms with E-state index in [4.69, 9.17) is 9.47 Å². The molecule has 0 bridgehead atoms. The van der Waals surface area contributed by atoms with Crippen LogP contribution in [-0.4, -0.2) is 48.6 Å². The number of carbonyl (C=O) groups excluding carboxylic acids is 1. The summed E-state index contributed by atoms with van der Waals surface area (Å²) in [5.74, 6) is 0.339. The first-order valence-corrected chi connectivity index (χ1v) is 9.05. The number of hydrogen-bond donors (Lipinski definition) is 3. The SMILES string of the molecule is COc1cc(OC)nc(NC(=O)NS(=O)(=O)NCc2nc(C)cc(C)n2)n1. The molecular formula is C14H19N7O5S. The highest BCUT2D eigenvalue weighted by Gasteiger charge is 2.16. The zero-order valence-electron chi connectivity index (χ0n) is 15.1. The molecule has 0 saturated heterocycles. The van der Waals surface area contributed by atoms with Crippen molar-refractivity contribution in [1.82, 2.24) is 29.4 Å². The number of hydrogen-bond acceptors (Lipinski definition) is 9. The van der Waals surface area contributed by atoms with Crippen LogP contribution in [0.5, 0.6) is 11.8 Å². The number of carbonyl (C=O) groups is 1. The quantitative estimate of drug-likeness (QED) is 0.587. The van der Waals surface area contributed by atoms with Crippen molar-refractivity contribution in [1.29, 1.82) is 0 Å². The standard InChI is InChI=1S/C14H19N7O5S/c1-8-5-9(2)17-10(16-8)7-15-27(23,24)21-14(22)20-13-18-11(25-3)6-12(19-13)26-4/h5-6,15H,7H2,1-4H3,(H2,18,19,20,21,22). The molecule has 0 atom stereocenters. The van der Waals surface area contributed by atoms with Crippen LogP contribution >= 0.6 is 0 Å². The summed E-state index contributed by atoms with van der Waals surface area (Å²) in [4.78, 5) is 27.9. The third-order valence-corrected chi connectivity index (χ3v) is 3.98. The number of rotatable bonds is 7. The Labute approximate surface area is 155 Å². The second-order valence-electron chi connectivity index (χ2n) is 5.22. The Kier molecular flexibility index (Phi) is 6.41. The molecule has 2 rings (SSSR count). The first-order chi connectivity index (χ1) is 12.7. The van der Waals surface area contributed by atoms with Gasteiger partial charge >= 0.3 is 16.2 Å². The molecule has 0 aromatic carbocycles. The summed E-state index contributed by atoms with van der Waals surface area (Å²) < 4.78 is 37.8. The lowest BCUT2D eigenvalue weighted by Crippen LogP contribution is -2.42. The van der Waals surface area contributed by atoms with E-state index >= 15 is 0 Å². The molecule has 13 heteroatoms. The van der Waals surface area contributed by atoms with Gasteiger partial charge in [0.15, 0.2) is 0 Å². The number of nitrogens with one attached hydrogen (secondary N) is 3. The van der Waals surface area contributed by atoms with Gasteiger partial charge in [-0.25, -0.2) is 19.5 Å². The van der Waals surface area contributed by atoms with Gasteiger partial charge in [0.05, 0.1) is 26.8 Å². The molecule has 0 aliphatic rings. The van der Waals surface area contributed by atoms with Gasteiger partial charge in [-0.15, -0.1) is 0 Å². The number of urea groups is 1. The first kappa shape index (κ1) is 20.3. The Balaban J connectivity index is 1.99. The number of aromatic nitrogens is 4. The molecule has 27 heavy (non-hydrogen) atoms. The molecule has 146 valence electrons. The molecule has 3 N–H and O–H groups in total. The van der Waals surface area contributed by atoms with Crippen molar-refractivity contribution in [3.05, 3.63) is 29.3 Å². The van der Waals surface area contributed by atoms with Crippen LogP contribution in [0.4, 0.5) is 10.7 Å². The maximum Gasteiger partial charge on any atom is 0.336 e. The van der Waals surface area contributed by atoms with Gasteiger partial charge in [-0.3, -0.25) is 5.32 Å². The van der Waals surface area contributed by atoms with Gasteiger partial charge < -0.3 is 9.47 Å². The summed E-state index contributed by atoms with van der Waals surface area (Å²) in [5.41, 5.74) is 1.40. The Hall–Kier alpha value is -3.06. The number of amides is 2. The van der Waals surface area contributed by atoms with E-state index in [-0.39, 0.29) is 30.1 Å². The van der Waals surface area contributed by atoms with E-state index in [1.54, 1.807) is 24.6 Å². The topological polar surface area (TPSA) is 157 Å². The van der Waals surface area contributed by atoms with Crippen LogP contribution in [0.2, 0.25) is 0 Å². The summed E-state index contributed by atoms with van der Waals surface area (Å²) in [7, 11) is -1.43. The lowest BCUT2D eigenvalue weighted by Gasteiger charge is -2.10. The van der Waals surface area contributed by atoms with Gasteiger partial charge in [0.25, 0.3) is 0 Å². The summed E-state index contributed by atoms with van der Waals surface area (Å²) in [6.45, 7) is 3.34. The Bertz CT molecular complexity index is 893. The molecule has 2 amide bonds. The van der Waals surface area contributed by atoms with Crippen LogP contribution in [0.15, 0.2) is 12.1 Å². The minimum absolute atomic E-state index is 0.130. The van der Waals surface area contributed by atoms with Gasteiger partial charge in [-0.1, -0.05) is 0 Å². The first-order valence-electron chi connectivity index (χ1n) is 7.57. The van der Waals surface area contributed by atoms with E-state index in [0.717, 1.165) is 0 Å². The van der Waals surface area contributed by atoms with Crippen molar-refractivity contribution < 1.29 is 22.7 Å². The van der Waals surface area contributed by atoms with Crippen LogP contribution in [0.25, 0.3) is 0 Å². The maximum absolute atomic E-state index is 12.0. The molecule has 0 aliphatic heterocycles. The van der Waals surface area contributed by atoms with Crippen LogP contribution in [0.1, 0.15) is 17.2 Å². The normalized spacial score (nSPS) is 11.0. The fourth-order valence-corrected chi connectivity index (χ4v) is 2.68. The van der Waals surface area contributed by atoms with Crippen molar-refractivity contribution in [2.24, 2.45) is 0 Å². The molecule has 2 aromatic rings. The van der Waals surface area contributed by atoms with Crippen LogP contribution < -0.4 is 24.2 Å². The lowest BCUT2D eigenvalue weighted by atomic mass is 10.3. The second kappa shape index (κ2) is 8.55. The third kappa shape index (κ3) is 6.31. The monoisotopic (exact) mass is 397 g/mol. The predicted molar refractivity (Wildman–Crippen MR) is 94.6 cm³/mol. The average molecular weight is 397 g/mol. The van der Waals surface area contributed by atoms with Gasteiger partial charge in [0.1, 0.15) is 5.82 Å². The second-order valence-corrected chi connectivity index (χ2v) is 6.72. The molecule has 12 nitrogen and oxygen atoms in total. The number of anilines is 1. The van der Waals surface area contributed by atoms with Crippen molar-refractivity contribution >= 4 is 22.2 Å². The van der Waals surface area contributed by atoms with E-state index in [1.165, 1.54) is 20.3 Å². The number of methoxy groups -OCH3 is 2. The number of nitrogens with zero attached hydrogens (tertiary/aromatic N) is 4. The zero-order valence-corrected chi connectivity index (χ0v) is 15.9. The molecule has 0 aliphatic carbocycles. The fraction of sp³-hybridized carbons (Fsp3) is 0.357. The van der Waals surface area contributed by atoms with E-state index < -0.39 is 16.2 Å². The van der Waals surface area contributed by atoms with E-state index in [2.05, 4.69) is 30.0 Å².